The van der Waals surface area contributed by atoms with E-state index in [1.165, 1.54) is 0 Å². The van der Waals surface area contributed by atoms with E-state index >= 15 is 0 Å². The van der Waals surface area contributed by atoms with Gasteiger partial charge in [-0.05, 0) is 17.9 Å². The van der Waals surface area contributed by atoms with Crippen molar-refractivity contribution in [1.29, 1.82) is 0 Å². The fourth-order valence-electron chi connectivity index (χ4n) is 1.03. The second-order valence-electron chi connectivity index (χ2n) is 2.66. The van der Waals surface area contributed by atoms with Gasteiger partial charge in [0.05, 0.1) is 11.6 Å². The van der Waals surface area contributed by atoms with Crippen LogP contribution in [0.3, 0.4) is 0 Å². The second kappa shape index (κ2) is 5.75. The molecule has 70 valence electrons. The van der Waals surface area contributed by atoms with E-state index in [1.54, 1.807) is 18.0 Å². The van der Waals surface area contributed by atoms with Crippen molar-refractivity contribution in [2.75, 3.05) is 11.5 Å². The Morgan fingerprint density at radius 3 is 3.00 bits per heavy atom. The van der Waals surface area contributed by atoms with Crippen molar-refractivity contribution in [3.8, 4) is 0 Å². The fourth-order valence-corrected chi connectivity index (χ4v) is 1.77. The predicted octanol–water partition coefficient (Wildman–Crippen LogP) is 2.12. The standard InChI is InChI=1S/C10H13NOS/c1-2-13-8-9(7-12)10-5-3-4-6-11-10/h3-7,9H,2,8H2,1H3. The van der Waals surface area contributed by atoms with Crippen LogP contribution in [0.4, 0.5) is 0 Å². The summed E-state index contributed by atoms with van der Waals surface area (Å²) in [6.07, 6.45) is 2.70. The number of nitrogens with zero attached hydrogens (tertiary/aromatic N) is 1. The summed E-state index contributed by atoms with van der Waals surface area (Å²) in [5.74, 6) is 1.82. The monoisotopic (exact) mass is 195 g/mol. The number of carbonyl (C=O) groups excluding carboxylic acids is 1. The van der Waals surface area contributed by atoms with Crippen molar-refractivity contribution in [3.05, 3.63) is 30.1 Å². The highest BCUT2D eigenvalue weighted by Gasteiger charge is 2.10. The average molecular weight is 195 g/mol. The van der Waals surface area contributed by atoms with Crippen LogP contribution in [0.1, 0.15) is 18.5 Å². The third-order valence-electron chi connectivity index (χ3n) is 1.73. The van der Waals surface area contributed by atoms with Gasteiger partial charge in [0.1, 0.15) is 6.29 Å². The van der Waals surface area contributed by atoms with E-state index in [0.29, 0.717) is 0 Å². The molecule has 1 atom stereocenters. The molecule has 1 heterocycles. The summed E-state index contributed by atoms with van der Waals surface area (Å²) in [6.45, 7) is 2.09. The summed E-state index contributed by atoms with van der Waals surface area (Å²) in [4.78, 5) is 14.9. The Bertz CT molecular complexity index is 250. The topological polar surface area (TPSA) is 30.0 Å². The first kappa shape index (κ1) is 10.3. The maximum atomic E-state index is 10.8. The fraction of sp³-hybridized carbons (Fsp3) is 0.400. The summed E-state index contributed by atoms with van der Waals surface area (Å²) < 4.78 is 0. The molecule has 1 aromatic heterocycles. The summed E-state index contributed by atoms with van der Waals surface area (Å²) >= 11 is 1.76. The van der Waals surface area contributed by atoms with E-state index in [0.717, 1.165) is 23.5 Å². The van der Waals surface area contributed by atoms with E-state index in [2.05, 4.69) is 11.9 Å². The van der Waals surface area contributed by atoms with Crippen LogP contribution in [0.2, 0.25) is 0 Å². The Hall–Kier alpha value is -0.830. The molecule has 3 heteroatoms. The minimum absolute atomic E-state index is 0.0499. The number of hydrogen-bond acceptors (Lipinski definition) is 3. The minimum Gasteiger partial charge on any atom is -0.303 e. The van der Waals surface area contributed by atoms with Crippen LogP contribution in [0.25, 0.3) is 0 Å². The predicted molar refractivity (Wildman–Crippen MR) is 56.0 cm³/mol. The Morgan fingerprint density at radius 2 is 2.46 bits per heavy atom. The van der Waals surface area contributed by atoms with Crippen LogP contribution in [0.5, 0.6) is 0 Å². The molecule has 0 amide bonds. The molecule has 0 fully saturated rings. The van der Waals surface area contributed by atoms with E-state index in [-0.39, 0.29) is 5.92 Å². The molecule has 0 spiro atoms. The molecule has 0 radical (unpaired) electrons. The van der Waals surface area contributed by atoms with Crippen molar-refractivity contribution >= 4 is 18.0 Å². The summed E-state index contributed by atoms with van der Waals surface area (Å²) in [5.41, 5.74) is 0.874. The van der Waals surface area contributed by atoms with Crippen LogP contribution in [0.15, 0.2) is 24.4 Å². The SMILES string of the molecule is CCSCC(C=O)c1ccccn1. The lowest BCUT2D eigenvalue weighted by atomic mass is 10.1. The molecule has 0 aliphatic carbocycles. The van der Waals surface area contributed by atoms with Crippen molar-refractivity contribution < 1.29 is 4.79 Å². The molecule has 1 unspecified atom stereocenters. The van der Waals surface area contributed by atoms with Crippen molar-refractivity contribution in [2.24, 2.45) is 0 Å². The van der Waals surface area contributed by atoms with E-state index in [4.69, 9.17) is 0 Å². The average Bonchev–Trinajstić information content (AvgIpc) is 2.21. The van der Waals surface area contributed by atoms with Gasteiger partial charge in [0, 0.05) is 11.9 Å². The smallest absolute Gasteiger partial charge is 0.129 e. The lowest BCUT2D eigenvalue weighted by Gasteiger charge is -2.07. The Morgan fingerprint density at radius 1 is 1.62 bits per heavy atom. The Kier molecular flexibility index (Phi) is 4.54. The van der Waals surface area contributed by atoms with Crippen molar-refractivity contribution in [1.82, 2.24) is 4.98 Å². The molecule has 0 aliphatic heterocycles. The number of hydrogen-bond donors (Lipinski definition) is 0. The van der Waals surface area contributed by atoms with Gasteiger partial charge in [-0.2, -0.15) is 11.8 Å². The molecule has 0 aromatic carbocycles. The number of carbonyl (C=O) groups is 1. The highest BCUT2D eigenvalue weighted by Crippen LogP contribution is 2.16. The van der Waals surface area contributed by atoms with Gasteiger partial charge in [-0.15, -0.1) is 0 Å². The van der Waals surface area contributed by atoms with Crippen molar-refractivity contribution in [2.45, 2.75) is 12.8 Å². The van der Waals surface area contributed by atoms with Gasteiger partial charge in [0.25, 0.3) is 0 Å². The molecular weight excluding hydrogens is 182 g/mol. The second-order valence-corrected chi connectivity index (χ2v) is 3.98. The summed E-state index contributed by atoms with van der Waals surface area (Å²) in [7, 11) is 0. The van der Waals surface area contributed by atoms with Crippen LogP contribution in [0, 0.1) is 0 Å². The van der Waals surface area contributed by atoms with Gasteiger partial charge in [0.2, 0.25) is 0 Å². The van der Waals surface area contributed by atoms with Crippen LogP contribution >= 0.6 is 11.8 Å². The Labute approximate surface area is 82.8 Å². The number of rotatable bonds is 5. The van der Waals surface area contributed by atoms with Crippen LogP contribution in [-0.2, 0) is 4.79 Å². The highest BCUT2D eigenvalue weighted by atomic mass is 32.2. The summed E-state index contributed by atoms with van der Waals surface area (Å²) in [5, 5.41) is 0. The molecule has 1 rings (SSSR count). The molecule has 0 bridgehead atoms. The molecule has 2 nitrogen and oxygen atoms in total. The maximum Gasteiger partial charge on any atom is 0.129 e. The van der Waals surface area contributed by atoms with Gasteiger partial charge in [-0.1, -0.05) is 13.0 Å². The van der Waals surface area contributed by atoms with Crippen molar-refractivity contribution in [3.63, 3.8) is 0 Å². The van der Waals surface area contributed by atoms with Gasteiger partial charge in [-0.25, -0.2) is 0 Å². The molecular formula is C10H13NOS. The normalized spacial score (nSPS) is 12.4. The molecule has 0 saturated carbocycles. The third-order valence-corrected chi connectivity index (χ3v) is 2.74. The number of pyridine rings is 1. The number of aldehydes is 1. The molecule has 1 aromatic rings. The zero-order valence-corrected chi connectivity index (χ0v) is 8.46. The first-order chi connectivity index (χ1) is 6.38. The van der Waals surface area contributed by atoms with Gasteiger partial charge >= 0.3 is 0 Å². The number of thioether (sulfide) groups is 1. The highest BCUT2D eigenvalue weighted by molar-refractivity contribution is 7.99. The molecule has 0 aliphatic rings. The van der Waals surface area contributed by atoms with E-state index < -0.39 is 0 Å². The zero-order chi connectivity index (χ0) is 9.52. The zero-order valence-electron chi connectivity index (χ0n) is 7.64. The molecule has 13 heavy (non-hydrogen) atoms. The maximum absolute atomic E-state index is 10.8. The largest absolute Gasteiger partial charge is 0.303 e. The summed E-state index contributed by atoms with van der Waals surface area (Å²) in [6, 6.07) is 5.67. The van der Waals surface area contributed by atoms with Gasteiger partial charge < -0.3 is 4.79 Å². The molecule has 0 saturated heterocycles. The van der Waals surface area contributed by atoms with E-state index in [9.17, 15) is 4.79 Å². The van der Waals surface area contributed by atoms with Crippen LogP contribution in [-0.4, -0.2) is 22.8 Å². The first-order valence-electron chi connectivity index (χ1n) is 4.32. The quantitative estimate of drug-likeness (QED) is 0.674. The van der Waals surface area contributed by atoms with E-state index in [1.807, 2.05) is 18.2 Å². The lowest BCUT2D eigenvalue weighted by molar-refractivity contribution is -0.108. The molecule has 0 N–H and O–H groups in total. The van der Waals surface area contributed by atoms with Crippen LogP contribution < -0.4 is 0 Å². The first-order valence-corrected chi connectivity index (χ1v) is 5.48. The van der Waals surface area contributed by atoms with Gasteiger partial charge in [0.15, 0.2) is 0 Å². The minimum atomic E-state index is -0.0499. The number of aromatic nitrogens is 1. The third kappa shape index (κ3) is 3.19. The lowest BCUT2D eigenvalue weighted by Crippen LogP contribution is -2.05. The Balaban J connectivity index is 2.61. The van der Waals surface area contributed by atoms with Gasteiger partial charge in [-0.3, -0.25) is 4.98 Å².